The summed E-state index contributed by atoms with van der Waals surface area (Å²) >= 11 is 1.62. The molecule has 0 aromatic carbocycles. The molecule has 3 heteroatoms. The van der Waals surface area contributed by atoms with Crippen LogP contribution in [0.1, 0.15) is 20.8 Å². The smallest absolute Gasteiger partial charge is 0.167 e. The molecular formula is C7H13NOS. The molecule has 1 saturated heterocycles. The highest BCUT2D eigenvalue weighted by Crippen LogP contribution is 2.35. The Morgan fingerprint density at radius 3 is 2.20 bits per heavy atom. The van der Waals surface area contributed by atoms with Crippen molar-refractivity contribution in [2.24, 2.45) is 0 Å². The summed E-state index contributed by atoms with van der Waals surface area (Å²) in [6, 6.07) is 0. The molecule has 0 aromatic heterocycles. The first-order valence-corrected chi connectivity index (χ1v) is 4.25. The topological polar surface area (TPSA) is 20.3 Å². The fourth-order valence-electron chi connectivity index (χ4n) is 1.07. The highest BCUT2D eigenvalue weighted by molar-refractivity contribution is 7.98. The van der Waals surface area contributed by atoms with Crippen molar-refractivity contribution in [3.8, 4) is 0 Å². The molecule has 58 valence electrons. The third-order valence-electron chi connectivity index (χ3n) is 2.08. The molecule has 1 fully saturated rings. The Labute approximate surface area is 66.1 Å². The molecule has 1 aliphatic heterocycles. The quantitative estimate of drug-likeness (QED) is 0.497. The zero-order valence-corrected chi connectivity index (χ0v) is 7.66. The van der Waals surface area contributed by atoms with Gasteiger partial charge < -0.3 is 0 Å². The van der Waals surface area contributed by atoms with Gasteiger partial charge in [0, 0.05) is 0 Å². The summed E-state index contributed by atoms with van der Waals surface area (Å²) in [6.07, 6.45) is 0. The van der Waals surface area contributed by atoms with Crippen molar-refractivity contribution in [1.29, 1.82) is 0 Å². The van der Waals surface area contributed by atoms with E-state index in [9.17, 15) is 4.79 Å². The van der Waals surface area contributed by atoms with E-state index in [2.05, 4.69) is 0 Å². The van der Waals surface area contributed by atoms with Crippen molar-refractivity contribution in [3.05, 3.63) is 0 Å². The minimum atomic E-state index is -0.260. The SMILES string of the molecule is CC1SN(C)C(C)(C)C1=O. The van der Waals surface area contributed by atoms with E-state index in [0.717, 1.165) is 0 Å². The van der Waals surface area contributed by atoms with Crippen LogP contribution in [0.5, 0.6) is 0 Å². The van der Waals surface area contributed by atoms with Gasteiger partial charge in [-0.2, -0.15) is 0 Å². The first-order chi connectivity index (χ1) is 4.46. The lowest BCUT2D eigenvalue weighted by Crippen LogP contribution is -2.39. The highest BCUT2D eigenvalue weighted by Gasteiger charge is 2.43. The first kappa shape index (κ1) is 8.08. The van der Waals surface area contributed by atoms with Crippen molar-refractivity contribution in [2.45, 2.75) is 31.6 Å². The second-order valence-electron chi connectivity index (χ2n) is 3.17. The number of carbonyl (C=O) groups excluding carboxylic acids is 1. The predicted octanol–water partition coefficient (Wildman–Crippen LogP) is 1.32. The molecule has 0 radical (unpaired) electrons. The molecule has 1 unspecified atom stereocenters. The molecular weight excluding hydrogens is 146 g/mol. The molecule has 1 rings (SSSR count). The van der Waals surface area contributed by atoms with Crippen LogP contribution in [-0.4, -0.2) is 27.9 Å². The van der Waals surface area contributed by atoms with Gasteiger partial charge in [-0.3, -0.25) is 4.79 Å². The van der Waals surface area contributed by atoms with Crippen molar-refractivity contribution >= 4 is 17.7 Å². The number of rotatable bonds is 0. The van der Waals surface area contributed by atoms with Crippen LogP contribution in [0.2, 0.25) is 0 Å². The number of nitrogens with zero attached hydrogens (tertiary/aromatic N) is 1. The maximum Gasteiger partial charge on any atom is 0.167 e. The normalized spacial score (nSPS) is 33.2. The van der Waals surface area contributed by atoms with Gasteiger partial charge in [0.15, 0.2) is 5.78 Å². The Balaban J connectivity index is 2.85. The molecule has 1 atom stereocenters. The number of Topliss-reactive ketones (excluding diaryl/α,β-unsaturated/α-hetero) is 1. The Bertz CT molecular complexity index is 167. The molecule has 0 bridgehead atoms. The van der Waals surface area contributed by atoms with Gasteiger partial charge >= 0.3 is 0 Å². The van der Waals surface area contributed by atoms with E-state index in [1.807, 2.05) is 32.1 Å². The van der Waals surface area contributed by atoms with Crippen molar-refractivity contribution in [3.63, 3.8) is 0 Å². The molecule has 10 heavy (non-hydrogen) atoms. The molecule has 0 amide bonds. The maximum atomic E-state index is 11.4. The van der Waals surface area contributed by atoms with Gasteiger partial charge in [-0.05, 0) is 27.8 Å². The lowest BCUT2D eigenvalue weighted by molar-refractivity contribution is -0.123. The third kappa shape index (κ3) is 0.974. The van der Waals surface area contributed by atoms with Crippen LogP contribution in [-0.2, 0) is 4.79 Å². The molecule has 1 heterocycles. The van der Waals surface area contributed by atoms with E-state index in [1.54, 1.807) is 11.9 Å². The number of likely N-dealkylation sites (N-methyl/N-ethyl adjacent to an activating group) is 1. The fourth-order valence-corrected chi connectivity index (χ4v) is 2.28. The fraction of sp³-hybridized carbons (Fsp3) is 0.857. The highest BCUT2D eigenvalue weighted by atomic mass is 32.2. The third-order valence-corrected chi connectivity index (χ3v) is 3.38. The zero-order chi connectivity index (χ0) is 7.94. The summed E-state index contributed by atoms with van der Waals surface area (Å²) in [4.78, 5) is 11.4. The molecule has 0 aliphatic carbocycles. The summed E-state index contributed by atoms with van der Waals surface area (Å²) in [5.74, 6) is 0.333. The van der Waals surface area contributed by atoms with Gasteiger partial charge in [0.05, 0.1) is 10.8 Å². The van der Waals surface area contributed by atoms with E-state index >= 15 is 0 Å². The Morgan fingerprint density at radius 2 is 2.10 bits per heavy atom. The summed E-state index contributed by atoms with van der Waals surface area (Å²) in [6.45, 7) is 5.88. The van der Waals surface area contributed by atoms with Crippen LogP contribution in [0, 0.1) is 0 Å². The van der Waals surface area contributed by atoms with Crippen LogP contribution in [0.3, 0.4) is 0 Å². The van der Waals surface area contributed by atoms with Crippen LogP contribution in [0.15, 0.2) is 0 Å². The lowest BCUT2D eigenvalue weighted by Gasteiger charge is -2.23. The first-order valence-electron chi connectivity index (χ1n) is 3.41. The molecule has 2 nitrogen and oxygen atoms in total. The second kappa shape index (κ2) is 2.24. The number of carbonyl (C=O) groups is 1. The van der Waals surface area contributed by atoms with Crippen LogP contribution >= 0.6 is 11.9 Å². The van der Waals surface area contributed by atoms with Gasteiger partial charge in [0.1, 0.15) is 0 Å². The zero-order valence-electron chi connectivity index (χ0n) is 6.84. The molecule has 0 aromatic rings. The Kier molecular flexibility index (Phi) is 1.81. The minimum absolute atomic E-state index is 0.139. The second-order valence-corrected chi connectivity index (χ2v) is 4.63. The van der Waals surface area contributed by atoms with Crippen LogP contribution in [0.4, 0.5) is 0 Å². The van der Waals surface area contributed by atoms with Gasteiger partial charge in [0.25, 0.3) is 0 Å². The van der Waals surface area contributed by atoms with E-state index in [4.69, 9.17) is 0 Å². The average Bonchev–Trinajstić information content (AvgIpc) is 1.97. The van der Waals surface area contributed by atoms with Crippen molar-refractivity contribution in [2.75, 3.05) is 7.05 Å². The van der Waals surface area contributed by atoms with Crippen LogP contribution in [0.25, 0.3) is 0 Å². The van der Waals surface area contributed by atoms with Gasteiger partial charge in [-0.1, -0.05) is 11.9 Å². The number of hydrogen-bond donors (Lipinski definition) is 0. The van der Waals surface area contributed by atoms with E-state index in [1.165, 1.54) is 0 Å². The summed E-state index contributed by atoms with van der Waals surface area (Å²) in [7, 11) is 1.96. The number of hydrogen-bond acceptors (Lipinski definition) is 3. The van der Waals surface area contributed by atoms with E-state index in [0.29, 0.717) is 5.78 Å². The molecule has 1 aliphatic rings. The molecule has 0 spiro atoms. The Morgan fingerprint density at radius 1 is 1.60 bits per heavy atom. The molecule has 0 N–H and O–H groups in total. The number of ketones is 1. The summed E-state index contributed by atoms with van der Waals surface area (Å²) in [5.41, 5.74) is -0.260. The average molecular weight is 159 g/mol. The van der Waals surface area contributed by atoms with E-state index in [-0.39, 0.29) is 10.8 Å². The summed E-state index contributed by atoms with van der Waals surface area (Å²) in [5, 5.41) is 0.139. The van der Waals surface area contributed by atoms with Gasteiger partial charge in [-0.15, -0.1) is 0 Å². The van der Waals surface area contributed by atoms with Crippen molar-refractivity contribution in [1.82, 2.24) is 4.31 Å². The predicted molar refractivity (Wildman–Crippen MR) is 43.9 cm³/mol. The lowest BCUT2D eigenvalue weighted by atomic mass is 9.98. The largest absolute Gasteiger partial charge is 0.296 e. The molecule has 0 saturated carbocycles. The maximum absolute atomic E-state index is 11.4. The monoisotopic (exact) mass is 159 g/mol. The minimum Gasteiger partial charge on any atom is -0.296 e. The van der Waals surface area contributed by atoms with E-state index < -0.39 is 0 Å². The van der Waals surface area contributed by atoms with Gasteiger partial charge in [0.2, 0.25) is 0 Å². The standard InChI is InChI=1S/C7H13NOS/c1-5-6(9)7(2,3)8(4)10-5/h5H,1-4H3. The van der Waals surface area contributed by atoms with Crippen LogP contribution < -0.4 is 0 Å². The van der Waals surface area contributed by atoms with Gasteiger partial charge in [-0.25, -0.2) is 4.31 Å². The Hall–Kier alpha value is -0.0200. The van der Waals surface area contributed by atoms with Crippen molar-refractivity contribution < 1.29 is 4.79 Å². The summed E-state index contributed by atoms with van der Waals surface area (Å²) < 4.78 is 2.03.